The maximum atomic E-state index is 8.41. The molecule has 0 bridgehead atoms. The molecule has 1 saturated heterocycles. The molecule has 0 amide bonds. The van der Waals surface area contributed by atoms with Gasteiger partial charge in [0.15, 0.2) is 0 Å². The fourth-order valence-electron chi connectivity index (χ4n) is 1.06. The van der Waals surface area contributed by atoms with Crippen molar-refractivity contribution >= 4 is 0 Å². The summed E-state index contributed by atoms with van der Waals surface area (Å²) in [6.45, 7) is 4.92. The number of aliphatic hydroxyl groups is 1. The minimum Gasteiger partial charge on any atom is -0.396 e. The van der Waals surface area contributed by atoms with Gasteiger partial charge in [0.05, 0.1) is 0 Å². The van der Waals surface area contributed by atoms with Crippen LogP contribution in [0.2, 0.25) is 0 Å². The van der Waals surface area contributed by atoms with Crippen molar-refractivity contribution in [3.8, 4) is 0 Å². The lowest BCUT2D eigenvalue weighted by Gasteiger charge is -2.08. The summed E-state index contributed by atoms with van der Waals surface area (Å²) in [6, 6.07) is 0. The summed E-state index contributed by atoms with van der Waals surface area (Å²) < 4.78 is 5.07. The zero-order chi connectivity index (χ0) is 9.94. The molecule has 13 heavy (non-hydrogen) atoms. The van der Waals surface area contributed by atoms with Crippen LogP contribution in [-0.2, 0) is 4.74 Å². The smallest absolute Gasteiger partial charge is 0.0466 e. The summed E-state index contributed by atoms with van der Waals surface area (Å²) in [4.78, 5) is 0. The van der Waals surface area contributed by atoms with Gasteiger partial charge in [-0.15, -0.1) is 0 Å². The Hall–Kier alpha value is -0.120. The van der Waals surface area contributed by atoms with Crippen LogP contribution < -0.4 is 5.73 Å². The highest BCUT2D eigenvalue weighted by molar-refractivity contribution is 4.48. The molecular formula is C10H23NO2. The van der Waals surface area contributed by atoms with E-state index in [9.17, 15) is 0 Å². The number of hydrogen-bond donors (Lipinski definition) is 2. The molecule has 80 valence electrons. The molecule has 3 N–H and O–H groups in total. The molecule has 1 rings (SSSR count). The van der Waals surface area contributed by atoms with Crippen molar-refractivity contribution in [1.82, 2.24) is 0 Å². The summed E-state index contributed by atoms with van der Waals surface area (Å²) in [5.74, 6) is 0.380. The number of rotatable bonds is 3. The molecule has 1 heterocycles. The fourth-order valence-corrected chi connectivity index (χ4v) is 1.06. The van der Waals surface area contributed by atoms with Crippen LogP contribution in [0.3, 0.4) is 0 Å². The molecule has 0 aliphatic carbocycles. The van der Waals surface area contributed by atoms with Gasteiger partial charge in [0.25, 0.3) is 0 Å². The third-order valence-electron chi connectivity index (χ3n) is 2.05. The molecule has 0 radical (unpaired) electrons. The molecule has 3 heteroatoms. The minimum atomic E-state index is 0.261. The molecule has 0 spiro atoms. The van der Waals surface area contributed by atoms with E-state index in [0.717, 1.165) is 19.6 Å². The van der Waals surface area contributed by atoms with Crippen LogP contribution in [0.1, 0.15) is 32.6 Å². The van der Waals surface area contributed by atoms with Crippen molar-refractivity contribution in [2.24, 2.45) is 11.7 Å². The summed E-state index contributed by atoms with van der Waals surface area (Å²) in [6.07, 6.45) is 4.86. The van der Waals surface area contributed by atoms with Crippen molar-refractivity contribution in [3.63, 3.8) is 0 Å². The van der Waals surface area contributed by atoms with E-state index in [1.807, 2.05) is 6.92 Å². The van der Waals surface area contributed by atoms with E-state index in [1.54, 1.807) is 0 Å². The van der Waals surface area contributed by atoms with Crippen LogP contribution in [0.15, 0.2) is 0 Å². The topological polar surface area (TPSA) is 55.5 Å². The molecule has 1 aliphatic rings. The van der Waals surface area contributed by atoms with E-state index in [2.05, 4.69) is 0 Å². The lowest BCUT2D eigenvalue weighted by Crippen LogP contribution is -2.08. The Bertz CT molecular complexity index is 83.4. The van der Waals surface area contributed by atoms with Crippen LogP contribution in [0.5, 0.6) is 0 Å². The number of hydrogen-bond acceptors (Lipinski definition) is 3. The quantitative estimate of drug-likeness (QED) is 0.700. The average Bonchev–Trinajstić information content (AvgIpc) is 2.22. The Morgan fingerprint density at radius 1 is 1.31 bits per heavy atom. The first-order valence-corrected chi connectivity index (χ1v) is 5.20. The standard InChI is InChI=1S/C5H13NO.C5H10O/c1-5(4-7)2-3-6;1-2-4-6-5-3-1/h5,7H,2-4,6H2,1H3;1-5H2. The zero-order valence-electron chi connectivity index (χ0n) is 8.67. The molecule has 1 unspecified atom stereocenters. The second kappa shape index (κ2) is 9.96. The van der Waals surface area contributed by atoms with Crippen molar-refractivity contribution in [3.05, 3.63) is 0 Å². The fraction of sp³-hybridized carbons (Fsp3) is 1.00. The Balaban J connectivity index is 0.000000223. The van der Waals surface area contributed by atoms with E-state index >= 15 is 0 Å². The number of nitrogens with two attached hydrogens (primary N) is 1. The van der Waals surface area contributed by atoms with Gasteiger partial charge in [-0.25, -0.2) is 0 Å². The van der Waals surface area contributed by atoms with E-state index in [4.69, 9.17) is 15.6 Å². The molecule has 0 aromatic heterocycles. The Morgan fingerprint density at radius 2 is 1.92 bits per heavy atom. The predicted octanol–water partition coefficient (Wildman–Crippen LogP) is 1.15. The van der Waals surface area contributed by atoms with E-state index in [-0.39, 0.29) is 6.61 Å². The third-order valence-corrected chi connectivity index (χ3v) is 2.05. The van der Waals surface area contributed by atoms with Gasteiger partial charge in [-0.1, -0.05) is 6.92 Å². The highest BCUT2D eigenvalue weighted by Gasteiger charge is 1.95. The Morgan fingerprint density at radius 3 is 2.08 bits per heavy atom. The summed E-state index contributed by atoms with van der Waals surface area (Å²) in [5.41, 5.74) is 5.19. The second-order valence-corrected chi connectivity index (χ2v) is 3.54. The maximum Gasteiger partial charge on any atom is 0.0466 e. The van der Waals surface area contributed by atoms with E-state index < -0.39 is 0 Å². The van der Waals surface area contributed by atoms with Crippen molar-refractivity contribution < 1.29 is 9.84 Å². The molecule has 0 saturated carbocycles. The Labute approximate surface area is 81.3 Å². The SMILES string of the molecule is C1CCOCC1.CC(CO)CCN. The number of aliphatic hydroxyl groups excluding tert-OH is 1. The molecule has 1 aliphatic heterocycles. The first-order valence-electron chi connectivity index (χ1n) is 5.20. The van der Waals surface area contributed by atoms with Gasteiger partial charge in [-0.2, -0.15) is 0 Å². The van der Waals surface area contributed by atoms with Gasteiger partial charge in [0.2, 0.25) is 0 Å². The van der Waals surface area contributed by atoms with Crippen LogP contribution in [0, 0.1) is 5.92 Å². The third kappa shape index (κ3) is 9.80. The lowest BCUT2D eigenvalue weighted by atomic mass is 10.1. The van der Waals surface area contributed by atoms with Gasteiger partial charge in [0.1, 0.15) is 0 Å². The molecule has 1 atom stereocenters. The van der Waals surface area contributed by atoms with Crippen molar-refractivity contribution in [1.29, 1.82) is 0 Å². The largest absolute Gasteiger partial charge is 0.396 e. The average molecular weight is 189 g/mol. The van der Waals surface area contributed by atoms with Crippen LogP contribution in [0.4, 0.5) is 0 Å². The number of ether oxygens (including phenoxy) is 1. The van der Waals surface area contributed by atoms with Crippen LogP contribution in [-0.4, -0.2) is 31.5 Å². The molecule has 0 aromatic rings. The van der Waals surface area contributed by atoms with E-state index in [1.165, 1.54) is 19.3 Å². The van der Waals surface area contributed by atoms with Gasteiger partial charge in [-0.3, -0.25) is 0 Å². The van der Waals surface area contributed by atoms with E-state index in [0.29, 0.717) is 12.5 Å². The monoisotopic (exact) mass is 189 g/mol. The van der Waals surface area contributed by atoms with Gasteiger partial charge in [0, 0.05) is 19.8 Å². The first-order chi connectivity index (χ1) is 6.31. The van der Waals surface area contributed by atoms with Gasteiger partial charge >= 0.3 is 0 Å². The normalized spacial score (nSPS) is 18.7. The highest BCUT2D eigenvalue weighted by atomic mass is 16.5. The van der Waals surface area contributed by atoms with Crippen molar-refractivity contribution in [2.45, 2.75) is 32.6 Å². The lowest BCUT2D eigenvalue weighted by molar-refractivity contribution is 0.0968. The van der Waals surface area contributed by atoms with Crippen LogP contribution in [0.25, 0.3) is 0 Å². The highest BCUT2D eigenvalue weighted by Crippen LogP contribution is 2.02. The summed E-state index contributed by atoms with van der Waals surface area (Å²) >= 11 is 0. The minimum absolute atomic E-state index is 0.261. The predicted molar refractivity (Wildman–Crippen MR) is 54.6 cm³/mol. The van der Waals surface area contributed by atoms with Gasteiger partial charge in [-0.05, 0) is 38.1 Å². The first kappa shape index (κ1) is 12.9. The van der Waals surface area contributed by atoms with Gasteiger partial charge < -0.3 is 15.6 Å². The van der Waals surface area contributed by atoms with Crippen LogP contribution >= 0.6 is 0 Å². The molecule has 1 fully saturated rings. The Kier molecular flexibility index (Phi) is 9.87. The second-order valence-electron chi connectivity index (χ2n) is 3.54. The summed E-state index contributed by atoms with van der Waals surface area (Å²) in [5, 5.41) is 8.41. The molecule has 3 nitrogen and oxygen atoms in total. The molecular weight excluding hydrogens is 166 g/mol. The zero-order valence-corrected chi connectivity index (χ0v) is 8.67. The molecule has 0 aromatic carbocycles. The summed E-state index contributed by atoms with van der Waals surface area (Å²) in [7, 11) is 0. The van der Waals surface area contributed by atoms with Crippen molar-refractivity contribution in [2.75, 3.05) is 26.4 Å². The maximum absolute atomic E-state index is 8.41.